The molecule has 1 aliphatic rings. The number of hydrogen-bond donors (Lipinski definition) is 2. The Labute approximate surface area is 71.7 Å². The van der Waals surface area contributed by atoms with Crippen LogP contribution in [0.5, 0.6) is 0 Å². The maximum absolute atomic E-state index is 10.5. The van der Waals surface area contributed by atoms with Crippen LogP contribution >= 0.6 is 0 Å². The van der Waals surface area contributed by atoms with Crippen LogP contribution in [0.1, 0.15) is 19.3 Å². The first kappa shape index (κ1) is 9.48. The molecule has 3 N–H and O–H groups in total. The molecule has 4 nitrogen and oxygen atoms in total. The Balaban J connectivity index is 2.53. The summed E-state index contributed by atoms with van der Waals surface area (Å²) in [5.74, 6) is -0.762. The zero-order valence-corrected chi connectivity index (χ0v) is 7.08. The fourth-order valence-corrected chi connectivity index (χ4v) is 1.58. The molecule has 12 heavy (non-hydrogen) atoms. The third-order valence-electron chi connectivity index (χ3n) is 2.51. The number of carbonyl (C=O) groups is 1. The highest BCUT2D eigenvalue weighted by Crippen LogP contribution is 2.32. The van der Waals surface area contributed by atoms with E-state index in [1.54, 1.807) is 0 Å². The Morgan fingerprint density at radius 1 is 1.50 bits per heavy atom. The van der Waals surface area contributed by atoms with E-state index in [2.05, 4.69) is 0 Å². The Hall–Kier alpha value is -0.610. The number of hydrogen-bond acceptors (Lipinski definition) is 3. The molecule has 0 radical (unpaired) electrons. The molecule has 70 valence electrons. The highest BCUT2D eigenvalue weighted by atomic mass is 16.5. The number of ether oxygens (including phenoxy) is 1. The van der Waals surface area contributed by atoms with Gasteiger partial charge in [-0.3, -0.25) is 4.79 Å². The lowest BCUT2D eigenvalue weighted by atomic mass is 9.77. The topological polar surface area (TPSA) is 72.6 Å². The molecular formula is C8H15NO3. The van der Waals surface area contributed by atoms with Crippen molar-refractivity contribution < 1.29 is 14.6 Å². The average Bonchev–Trinajstić information content (AvgIpc) is 2.05. The zero-order chi connectivity index (χ0) is 9.03. The minimum absolute atomic E-state index is 0.173. The van der Waals surface area contributed by atoms with E-state index in [0.29, 0.717) is 19.8 Å². The highest BCUT2D eigenvalue weighted by molar-refractivity contribution is 5.67. The SMILES string of the molecule is NCC1(CC(=O)O)CCOCC1. The third kappa shape index (κ3) is 2.19. The van der Waals surface area contributed by atoms with Crippen LogP contribution in [-0.2, 0) is 9.53 Å². The fraction of sp³-hybridized carbons (Fsp3) is 0.875. The smallest absolute Gasteiger partial charge is 0.303 e. The Kier molecular flexibility index (Phi) is 3.05. The first-order valence-corrected chi connectivity index (χ1v) is 4.18. The van der Waals surface area contributed by atoms with Gasteiger partial charge in [-0.15, -0.1) is 0 Å². The van der Waals surface area contributed by atoms with Gasteiger partial charge in [-0.05, 0) is 24.8 Å². The van der Waals surface area contributed by atoms with Gasteiger partial charge in [0.2, 0.25) is 0 Å². The van der Waals surface area contributed by atoms with Gasteiger partial charge in [-0.1, -0.05) is 0 Å². The van der Waals surface area contributed by atoms with Gasteiger partial charge in [-0.2, -0.15) is 0 Å². The fourth-order valence-electron chi connectivity index (χ4n) is 1.58. The number of rotatable bonds is 3. The van der Waals surface area contributed by atoms with Crippen LogP contribution in [0, 0.1) is 5.41 Å². The third-order valence-corrected chi connectivity index (χ3v) is 2.51. The second-order valence-corrected chi connectivity index (χ2v) is 3.39. The van der Waals surface area contributed by atoms with Gasteiger partial charge in [-0.25, -0.2) is 0 Å². The normalized spacial score (nSPS) is 22.1. The second-order valence-electron chi connectivity index (χ2n) is 3.39. The van der Waals surface area contributed by atoms with Crippen molar-refractivity contribution in [1.82, 2.24) is 0 Å². The van der Waals surface area contributed by atoms with Crippen LogP contribution in [-0.4, -0.2) is 30.8 Å². The summed E-state index contributed by atoms with van der Waals surface area (Å²) >= 11 is 0. The van der Waals surface area contributed by atoms with Crippen molar-refractivity contribution in [3.8, 4) is 0 Å². The molecule has 1 heterocycles. The van der Waals surface area contributed by atoms with Gasteiger partial charge >= 0.3 is 5.97 Å². The van der Waals surface area contributed by atoms with E-state index in [1.807, 2.05) is 0 Å². The van der Waals surface area contributed by atoms with Crippen molar-refractivity contribution in [2.24, 2.45) is 11.1 Å². The molecule has 0 spiro atoms. The molecule has 0 aliphatic carbocycles. The molecule has 0 aromatic heterocycles. The zero-order valence-electron chi connectivity index (χ0n) is 7.08. The van der Waals surface area contributed by atoms with Crippen LogP contribution < -0.4 is 5.73 Å². The minimum atomic E-state index is -0.762. The largest absolute Gasteiger partial charge is 0.481 e. The molecular weight excluding hydrogens is 158 g/mol. The van der Waals surface area contributed by atoms with Crippen molar-refractivity contribution in [3.63, 3.8) is 0 Å². The van der Waals surface area contributed by atoms with Gasteiger partial charge in [0.05, 0.1) is 6.42 Å². The van der Waals surface area contributed by atoms with E-state index in [1.165, 1.54) is 0 Å². The lowest BCUT2D eigenvalue weighted by molar-refractivity contribution is -0.141. The molecule has 0 unspecified atom stereocenters. The molecule has 1 aliphatic heterocycles. The van der Waals surface area contributed by atoms with Crippen LogP contribution in [0.2, 0.25) is 0 Å². The van der Waals surface area contributed by atoms with E-state index >= 15 is 0 Å². The maximum atomic E-state index is 10.5. The Bertz CT molecular complexity index is 164. The van der Waals surface area contributed by atoms with E-state index in [0.717, 1.165) is 12.8 Å². The Morgan fingerprint density at radius 2 is 2.08 bits per heavy atom. The molecule has 0 saturated carbocycles. The molecule has 0 bridgehead atoms. The van der Waals surface area contributed by atoms with Crippen LogP contribution in [0.4, 0.5) is 0 Å². The number of nitrogens with two attached hydrogens (primary N) is 1. The quantitative estimate of drug-likeness (QED) is 0.640. The maximum Gasteiger partial charge on any atom is 0.303 e. The lowest BCUT2D eigenvalue weighted by Crippen LogP contribution is -2.38. The van der Waals surface area contributed by atoms with Crippen molar-refractivity contribution in [1.29, 1.82) is 0 Å². The summed E-state index contributed by atoms with van der Waals surface area (Å²) in [6, 6.07) is 0. The highest BCUT2D eigenvalue weighted by Gasteiger charge is 2.33. The summed E-state index contributed by atoms with van der Waals surface area (Å²) in [6.45, 7) is 1.73. The molecule has 0 atom stereocenters. The molecule has 0 aromatic carbocycles. The van der Waals surface area contributed by atoms with Gasteiger partial charge in [0.1, 0.15) is 0 Å². The predicted molar refractivity (Wildman–Crippen MR) is 43.8 cm³/mol. The summed E-state index contributed by atoms with van der Waals surface area (Å²) in [7, 11) is 0. The minimum Gasteiger partial charge on any atom is -0.481 e. The Morgan fingerprint density at radius 3 is 2.50 bits per heavy atom. The van der Waals surface area contributed by atoms with Crippen LogP contribution in [0.3, 0.4) is 0 Å². The molecule has 1 saturated heterocycles. The van der Waals surface area contributed by atoms with Crippen molar-refractivity contribution in [2.45, 2.75) is 19.3 Å². The van der Waals surface area contributed by atoms with Gasteiger partial charge < -0.3 is 15.6 Å². The van der Waals surface area contributed by atoms with E-state index < -0.39 is 5.97 Å². The summed E-state index contributed by atoms with van der Waals surface area (Å²) in [6.07, 6.45) is 1.72. The molecule has 1 fully saturated rings. The van der Waals surface area contributed by atoms with E-state index in [-0.39, 0.29) is 11.8 Å². The molecule has 0 aromatic rings. The summed E-state index contributed by atoms with van der Waals surface area (Å²) in [5.41, 5.74) is 5.36. The first-order chi connectivity index (χ1) is 5.68. The van der Waals surface area contributed by atoms with Gasteiger partial charge in [0.25, 0.3) is 0 Å². The van der Waals surface area contributed by atoms with Crippen molar-refractivity contribution in [3.05, 3.63) is 0 Å². The van der Waals surface area contributed by atoms with Crippen molar-refractivity contribution in [2.75, 3.05) is 19.8 Å². The van der Waals surface area contributed by atoms with Gasteiger partial charge in [0, 0.05) is 13.2 Å². The van der Waals surface area contributed by atoms with Gasteiger partial charge in [0.15, 0.2) is 0 Å². The van der Waals surface area contributed by atoms with E-state index in [9.17, 15) is 4.79 Å². The molecule has 4 heteroatoms. The van der Waals surface area contributed by atoms with Crippen LogP contribution in [0.15, 0.2) is 0 Å². The summed E-state index contributed by atoms with van der Waals surface area (Å²) in [4.78, 5) is 10.5. The molecule has 0 amide bonds. The standard InChI is InChI=1S/C8H15NO3/c9-6-8(5-7(10)11)1-3-12-4-2-8/h1-6,9H2,(H,10,11). The number of carboxylic acids is 1. The van der Waals surface area contributed by atoms with Crippen molar-refractivity contribution >= 4 is 5.97 Å². The first-order valence-electron chi connectivity index (χ1n) is 4.18. The summed E-state index contributed by atoms with van der Waals surface area (Å²) < 4.78 is 5.16. The number of aliphatic carboxylic acids is 1. The predicted octanol–water partition coefficient (Wildman–Crippen LogP) is 0.217. The lowest BCUT2D eigenvalue weighted by Gasteiger charge is -2.34. The monoisotopic (exact) mass is 173 g/mol. The summed E-state index contributed by atoms with van der Waals surface area (Å²) in [5, 5.41) is 8.67. The second kappa shape index (κ2) is 3.87. The average molecular weight is 173 g/mol. The van der Waals surface area contributed by atoms with E-state index in [4.69, 9.17) is 15.6 Å². The number of carboxylic acid groups (broad SMARTS) is 1. The molecule has 1 rings (SSSR count). The van der Waals surface area contributed by atoms with Crippen LogP contribution in [0.25, 0.3) is 0 Å².